The molecule has 0 fully saturated rings. The third-order valence-corrected chi connectivity index (χ3v) is 3.46. The van der Waals surface area contributed by atoms with Gasteiger partial charge < -0.3 is 4.74 Å². The van der Waals surface area contributed by atoms with Crippen LogP contribution in [0.3, 0.4) is 0 Å². The van der Waals surface area contributed by atoms with E-state index in [9.17, 15) is 0 Å². The quantitative estimate of drug-likeness (QED) is 0.812. The number of ether oxygens (including phenoxy) is 1. The molecule has 0 bridgehead atoms. The maximum Gasteiger partial charge on any atom is 0.321 e. The molecule has 1 unspecified atom stereocenters. The first kappa shape index (κ1) is 12.6. The van der Waals surface area contributed by atoms with Crippen molar-refractivity contribution in [1.29, 1.82) is 0 Å². The van der Waals surface area contributed by atoms with E-state index < -0.39 is 0 Å². The van der Waals surface area contributed by atoms with Crippen LogP contribution in [0.2, 0.25) is 0 Å². The normalized spacial score (nSPS) is 18.6. The van der Waals surface area contributed by atoms with Crippen LogP contribution in [0.25, 0.3) is 5.57 Å². The summed E-state index contributed by atoms with van der Waals surface area (Å²) in [7, 11) is 0. The van der Waals surface area contributed by atoms with E-state index in [1.54, 1.807) is 12.4 Å². The minimum Gasteiger partial charge on any atom is -0.424 e. The zero-order valence-corrected chi connectivity index (χ0v) is 11.7. The molecular formula is C17H13N4O+. The van der Waals surface area contributed by atoms with Gasteiger partial charge in [-0.2, -0.15) is 0 Å². The van der Waals surface area contributed by atoms with Gasteiger partial charge in [0.25, 0.3) is 0 Å². The number of nitrogens with zero attached hydrogens (tertiary/aromatic N) is 4. The van der Waals surface area contributed by atoms with Crippen molar-refractivity contribution in [1.82, 2.24) is 9.97 Å². The van der Waals surface area contributed by atoms with Crippen molar-refractivity contribution in [3.8, 4) is 11.8 Å². The molecule has 0 amide bonds. The summed E-state index contributed by atoms with van der Waals surface area (Å²) in [4.78, 5) is 8.54. The molecule has 106 valence electrons. The summed E-state index contributed by atoms with van der Waals surface area (Å²) in [6.07, 6.45) is 13.5. The molecule has 2 aromatic rings. The Morgan fingerprint density at radius 2 is 1.86 bits per heavy atom. The van der Waals surface area contributed by atoms with Gasteiger partial charge in [-0.25, -0.2) is 9.97 Å². The SMILES string of the molecule is C1=CC2C=C(c3cnc(Oc4ccccc4)nc3)C=C[N+]2=N1. The largest absolute Gasteiger partial charge is 0.424 e. The molecule has 0 aliphatic carbocycles. The fourth-order valence-corrected chi connectivity index (χ4v) is 2.34. The predicted molar refractivity (Wildman–Crippen MR) is 81.3 cm³/mol. The lowest BCUT2D eigenvalue weighted by Crippen LogP contribution is -2.15. The highest BCUT2D eigenvalue weighted by Crippen LogP contribution is 2.24. The minimum atomic E-state index is 0.181. The first-order valence-electron chi connectivity index (χ1n) is 7.00. The van der Waals surface area contributed by atoms with Gasteiger partial charge >= 0.3 is 6.01 Å². The summed E-state index contributed by atoms with van der Waals surface area (Å²) < 4.78 is 7.50. The fourth-order valence-electron chi connectivity index (χ4n) is 2.34. The van der Waals surface area contributed by atoms with E-state index in [0.717, 1.165) is 16.9 Å². The number of allylic oxidation sites excluding steroid dienone is 2. The number of rotatable bonds is 3. The minimum absolute atomic E-state index is 0.181. The molecule has 0 spiro atoms. The smallest absolute Gasteiger partial charge is 0.321 e. The number of hydrogen-bond acceptors (Lipinski definition) is 4. The van der Waals surface area contributed by atoms with E-state index in [4.69, 9.17) is 4.74 Å². The van der Waals surface area contributed by atoms with Crippen molar-refractivity contribution in [3.05, 3.63) is 78.9 Å². The van der Waals surface area contributed by atoms with E-state index in [2.05, 4.69) is 21.2 Å². The average molecular weight is 289 g/mol. The van der Waals surface area contributed by atoms with Crippen molar-refractivity contribution >= 4 is 5.57 Å². The molecule has 3 heterocycles. The highest BCUT2D eigenvalue weighted by atomic mass is 16.5. The standard InChI is InChI=1S/C17H13N4O/c1-2-4-16(5-3-1)22-17-18-11-14(12-19-17)13-7-9-21-15(10-13)6-8-20-21/h1-12,15H/q+1. The number of hydrogen-bond donors (Lipinski definition) is 0. The summed E-state index contributed by atoms with van der Waals surface area (Å²) in [6.45, 7) is 0. The molecule has 5 nitrogen and oxygen atoms in total. The van der Waals surface area contributed by atoms with Crippen LogP contribution in [0.15, 0.2) is 78.5 Å². The number of para-hydroxylation sites is 1. The van der Waals surface area contributed by atoms with Gasteiger partial charge in [0.2, 0.25) is 6.04 Å². The zero-order chi connectivity index (χ0) is 14.8. The van der Waals surface area contributed by atoms with Gasteiger partial charge in [-0.1, -0.05) is 22.9 Å². The van der Waals surface area contributed by atoms with Gasteiger partial charge in [0.15, 0.2) is 6.20 Å². The molecule has 2 aliphatic rings. The van der Waals surface area contributed by atoms with E-state index in [0.29, 0.717) is 6.01 Å². The molecule has 0 radical (unpaired) electrons. The summed E-state index contributed by atoms with van der Waals surface area (Å²) in [5, 5.41) is 4.22. The summed E-state index contributed by atoms with van der Waals surface area (Å²) in [5.41, 5.74) is 2.03. The van der Waals surface area contributed by atoms with Crippen LogP contribution in [0.1, 0.15) is 5.56 Å². The Morgan fingerprint density at radius 1 is 1.05 bits per heavy atom. The summed E-state index contributed by atoms with van der Waals surface area (Å²) in [5.74, 6) is 0.723. The van der Waals surface area contributed by atoms with Crippen LogP contribution in [0.4, 0.5) is 0 Å². The van der Waals surface area contributed by atoms with Gasteiger partial charge in [0.1, 0.15) is 5.75 Å². The third-order valence-electron chi connectivity index (χ3n) is 3.46. The molecule has 1 aromatic heterocycles. The monoisotopic (exact) mass is 289 g/mol. The van der Waals surface area contributed by atoms with Crippen LogP contribution < -0.4 is 4.74 Å². The maximum atomic E-state index is 5.60. The molecule has 1 aromatic carbocycles. The topological polar surface area (TPSA) is 50.4 Å². The highest BCUT2D eigenvalue weighted by molar-refractivity contribution is 5.74. The van der Waals surface area contributed by atoms with Gasteiger partial charge in [0.05, 0.1) is 6.20 Å². The van der Waals surface area contributed by atoms with E-state index in [1.807, 2.05) is 59.6 Å². The Hall–Kier alpha value is -3.08. The third kappa shape index (κ3) is 2.44. The molecule has 0 saturated carbocycles. The van der Waals surface area contributed by atoms with Crippen molar-refractivity contribution in [2.45, 2.75) is 6.04 Å². The lowest BCUT2D eigenvalue weighted by molar-refractivity contribution is -0.535. The van der Waals surface area contributed by atoms with Gasteiger partial charge in [0, 0.05) is 30.1 Å². The van der Waals surface area contributed by atoms with Crippen molar-refractivity contribution < 1.29 is 9.43 Å². The molecule has 0 saturated heterocycles. The number of benzene rings is 1. The van der Waals surface area contributed by atoms with Gasteiger partial charge in [-0.05, 0) is 28.9 Å². The second-order valence-corrected chi connectivity index (χ2v) is 4.93. The first-order chi connectivity index (χ1) is 10.9. The summed E-state index contributed by atoms with van der Waals surface area (Å²) >= 11 is 0. The Labute approximate surface area is 127 Å². The summed E-state index contributed by atoms with van der Waals surface area (Å²) in [6, 6.07) is 10.0. The Bertz CT molecular complexity index is 804. The fraction of sp³-hybridized carbons (Fsp3) is 0.0588. The van der Waals surface area contributed by atoms with E-state index in [-0.39, 0.29) is 6.04 Å². The first-order valence-corrected chi connectivity index (χ1v) is 7.00. The van der Waals surface area contributed by atoms with Crippen molar-refractivity contribution in [3.63, 3.8) is 0 Å². The van der Waals surface area contributed by atoms with Crippen LogP contribution in [-0.4, -0.2) is 20.7 Å². The molecule has 5 heteroatoms. The predicted octanol–water partition coefficient (Wildman–Crippen LogP) is 3.54. The molecule has 4 rings (SSSR count). The maximum absolute atomic E-state index is 5.60. The Kier molecular flexibility index (Phi) is 3.08. The van der Waals surface area contributed by atoms with Crippen LogP contribution in [0, 0.1) is 0 Å². The average Bonchev–Trinajstić information content (AvgIpc) is 3.04. The van der Waals surface area contributed by atoms with E-state index >= 15 is 0 Å². The van der Waals surface area contributed by atoms with Gasteiger partial charge in [-0.3, -0.25) is 0 Å². The Balaban J connectivity index is 1.54. The van der Waals surface area contributed by atoms with Crippen molar-refractivity contribution in [2.75, 3.05) is 0 Å². The Morgan fingerprint density at radius 3 is 2.68 bits per heavy atom. The van der Waals surface area contributed by atoms with Crippen LogP contribution in [0.5, 0.6) is 11.8 Å². The molecular weight excluding hydrogens is 276 g/mol. The van der Waals surface area contributed by atoms with Crippen molar-refractivity contribution in [2.24, 2.45) is 5.11 Å². The number of azo groups is 2. The highest BCUT2D eigenvalue weighted by Gasteiger charge is 2.24. The lowest BCUT2D eigenvalue weighted by Gasteiger charge is -2.08. The van der Waals surface area contributed by atoms with E-state index in [1.165, 1.54) is 0 Å². The number of fused-ring (bicyclic) bond motifs is 1. The number of aromatic nitrogens is 2. The molecule has 2 aliphatic heterocycles. The van der Waals surface area contributed by atoms with Crippen LogP contribution in [-0.2, 0) is 0 Å². The lowest BCUT2D eigenvalue weighted by atomic mass is 10.0. The second kappa shape index (κ2) is 5.37. The van der Waals surface area contributed by atoms with Crippen LogP contribution >= 0.6 is 0 Å². The molecule has 0 N–H and O–H groups in total. The second-order valence-electron chi connectivity index (χ2n) is 4.93. The molecule has 1 atom stereocenters. The zero-order valence-electron chi connectivity index (χ0n) is 11.7. The van der Waals surface area contributed by atoms with Gasteiger partial charge in [-0.15, -0.1) is 0 Å². The molecule has 22 heavy (non-hydrogen) atoms.